The molecular weight excluding hydrogens is 300 g/mol. The maximum absolute atomic E-state index is 12.1. The van der Waals surface area contributed by atoms with Crippen molar-refractivity contribution in [3.8, 4) is 0 Å². The van der Waals surface area contributed by atoms with E-state index in [1.807, 2.05) is 30.3 Å². The Morgan fingerprint density at radius 2 is 1.77 bits per heavy atom. The molecule has 0 saturated heterocycles. The molecule has 0 fully saturated rings. The van der Waals surface area contributed by atoms with Crippen LogP contribution in [0.2, 0.25) is 0 Å². The van der Waals surface area contributed by atoms with Crippen molar-refractivity contribution in [2.45, 2.75) is 0 Å². The third-order valence-electron chi connectivity index (χ3n) is 3.09. The van der Waals surface area contributed by atoms with Crippen LogP contribution in [0.1, 0.15) is 20.2 Å². The maximum atomic E-state index is 12.1. The van der Waals surface area contributed by atoms with Gasteiger partial charge in [0.2, 0.25) is 0 Å². The van der Waals surface area contributed by atoms with Gasteiger partial charge in [0.15, 0.2) is 5.76 Å². The van der Waals surface area contributed by atoms with Crippen LogP contribution >= 0.6 is 11.3 Å². The Morgan fingerprint density at radius 3 is 2.50 bits per heavy atom. The third-order valence-corrected chi connectivity index (χ3v) is 4.21. The van der Waals surface area contributed by atoms with Gasteiger partial charge in [0.05, 0.1) is 11.1 Å². The first kappa shape index (κ1) is 14.3. The van der Waals surface area contributed by atoms with Crippen molar-refractivity contribution < 1.29 is 14.0 Å². The average molecular weight is 314 g/mol. The quantitative estimate of drug-likeness (QED) is 0.711. The third kappa shape index (κ3) is 3.17. The van der Waals surface area contributed by atoms with Crippen molar-refractivity contribution in [3.05, 3.63) is 59.4 Å². The van der Waals surface area contributed by atoms with Gasteiger partial charge in [0.25, 0.3) is 11.8 Å². The predicted octanol–water partition coefficient (Wildman–Crippen LogP) is 2.65. The van der Waals surface area contributed by atoms with E-state index in [0.29, 0.717) is 18.0 Å². The second kappa shape index (κ2) is 6.44. The molecule has 0 unspecified atom stereocenters. The summed E-state index contributed by atoms with van der Waals surface area (Å²) in [5.41, 5.74) is 0. The summed E-state index contributed by atoms with van der Waals surface area (Å²) in [4.78, 5) is 24.3. The molecule has 112 valence electrons. The van der Waals surface area contributed by atoms with Gasteiger partial charge in [-0.25, -0.2) is 0 Å². The number of carbonyl (C=O) groups excluding carboxylic acids is 2. The number of thiophene rings is 1. The number of carbonyl (C=O) groups is 2. The Labute approximate surface area is 130 Å². The molecule has 0 atom stereocenters. The normalized spacial score (nSPS) is 10.5. The van der Waals surface area contributed by atoms with Crippen molar-refractivity contribution in [2.75, 3.05) is 13.1 Å². The highest BCUT2D eigenvalue weighted by molar-refractivity contribution is 7.20. The van der Waals surface area contributed by atoms with E-state index >= 15 is 0 Å². The average Bonchev–Trinajstić information content (AvgIpc) is 3.19. The molecule has 22 heavy (non-hydrogen) atoms. The molecule has 0 saturated carbocycles. The zero-order chi connectivity index (χ0) is 15.4. The summed E-state index contributed by atoms with van der Waals surface area (Å²) in [7, 11) is 0. The molecule has 5 nitrogen and oxygen atoms in total. The molecule has 2 aromatic heterocycles. The van der Waals surface area contributed by atoms with Crippen molar-refractivity contribution in [1.29, 1.82) is 0 Å². The Morgan fingerprint density at radius 1 is 1.00 bits per heavy atom. The second-order valence-corrected chi connectivity index (χ2v) is 5.72. The lowest BCUT2D eigenvalue weighted by atomic mass is 10.2. The fourth-order valence-electron chi connectivity index (χ4n) is 2.03. The standard InChI is InChI=1S/C16H14N2O3S/c19-15(12-5-3-9-21-12)17-7-8-18-16(20)14-10-11-4-1-2-6-13(11)22-14/h1-6,9-10H,7-8H2,(H,17,19)(H,18,20). The van der Waals surface area contributed by atoms with Crippen LogP contribution in [0.15, 0.2) is 53.1 Å². The van der Waals surface area contributed by atoms with Crippen LogP contribution in [0.3, 0.4) is 0 Å². The number of benzene rings is 1. The van der Waals surface area contributed by atoms with Gasteiger partial charge in [0.1, 0.15) is 0 Å². The van der Waals surface area contributed by atoms with E-state index in [-0.39, 0.29) is 17.6 Å². The fraction of sp³-hybridized carbons (Fsp3) is 0.125. The first-order valence-corrected chi connectivity index (χ1v) is 7.64. The minimum absolute atomic E-state index is 0.131. The van der Waals surface area contributed by atoms with Crippen LogP contribution in [-0.2, 0) is 0 Å². The predicted molar refractivity (Wildman–Crippen MR) is 85.2 cm³/mol. The highest BCUT2D eigenvalue weighted by atomic mass is 32.1. The second-order valence-electron chi connectivity index (χ2n) is 4.64. The highest BCUT2D eigenvalue weighted by Crippen LogP contribution is 2.24. The number of amides is 2. The van der Waals surface area contributed by atoms with Crippen molar-refractivity contribution in [1.82, 2.24) is 10.6 Å². The summed E-state index contributed by atoms with van der Waals surface area (Å²) in [5.74, 6) is -0.162. The molecular formula is C16H14N2O3S. The number of hydrogen-bond acceptors (Lipinski definition) is 4. The molecule has 0 spiro atoms. The number of hydrogen-bond donors (Lipinski definition) is 2. The molecule has 0 radical (unpaired) electrons. The summed E-state index contributed by atoms with van der Waals surface area (Å²) in [6, 6.07) is 13.0. The minimum Gasteiger partial charge on any atom is -0.459 e. The van der Waals surface area contributed by atoms with Gasteiger partial charge in [0, 0.05) is 17.8 Å². The molecule has 0 aliphatic carbocycles. The first-order valence-electron chi connectivity index (χ1n) is 6.82. The maximum Gasteiger partial charge on any atom is 0.287 e. The Hall–Kier alpha value is -2.60. The molecule has 3 rings (SSSR count). The number of fused-ring (bicyclic) bond motifs is 1. The summed E-state index contributed by atoms with van der Waals surface area (Å²) in [5, 5.41) is 6.52. The van der Waals surface area contributed by atoms with E-state index < -0.39 is 0 Å². The molecule has 2 amide bonds. The molecule has 1 aromatic carbocycles. The summed E-state index contributed by atoms with van der Waals surface area (Å²) >= 11 is 1.45. The molecule has 2 N–H and O–H groups in total. The van der Waals surface area contributed by atoms with E-state index in [1.54, 1.807) is 12.1 Å². The van der Waals surface area contributed by atoms with Gasteiger partial charge in [-0.3, -0.25) is 9.59 Å². The van der Waals surface area contributed by atoms with Gasteiger partial charge >= 0.3 is 0 Å². The summed E-state index contributed by atoms with van der Waals surface area (Å²) in [6.45, 7) is 0.704. The number of furan rings is 1. The van der Waals surface area contributed by atoms with Crippen molar-refractivity contribution in [2.24, 2.45) is 0 Å². The van der Waals surface area contributed by atoms with Crippen LogP contribution in [0.5, 0.6) is 0 Å². The van der Waals surface area contributed by atoms with Gasteiger partial charge < -0.3 is 15.1 Å². The molecule has 0 bridgehead atoms. The van der Waals surface area contributed by atoms with E-state index in [9.17, 15) is 9.59 Å². The molecule has 3 aromatic rings. The zero-order valence-electron chi connectivity index (χ0n) is 11.7. The summed E-state index contributed by atoms with van der Waals surface area (Å²) < 4.78 is 6.06. The van der Waals surface area contributed by atoms with Gasteiger partial charge in [-0.05, 0) is 29.7 Å². The number of rotatable bonds is 5. The summed E-state index contributed by atoms with van der Waals surface area (Å²) in [6.07, 6.45) is 1.44. The highest BCUT2D eigenvalue weighted by Gasteiger charge is 2.10. The largest absolute Gasteiger partial charge is 0.459 e. The lowest BCUT2D eigenvalue weighted by molar-refractivity contribution is 0.0911. The van der Waals surface area contributed by atoms with E-state index in [4.69, 9.17) is 4.42 Å². The fourth-order valence-corrected chi connectivity index (χ4v) is 3.01. The van der Waals surface area contributed by atoms with E-state index in [1.165, 1.54) is 17.6 Å². The van der Waals surface area contributed by atoms with Crippen LogP contribution in [0, 0.1) is 0 Å². The molecule has 0 aliphatic rings. The van der Waals surface area contributed by atoms with Crippen LogP contribution < -0.4 is 10.6 Å². The monoisotopic (exact) mass is 314 g/mol. The van der Waals surface area contributed by atoms with Gasteiger partial charge in [-0.1, -0.05) is 18.2 Å². The lowest BCUT2D eigenvalue weighted by Crippen LogP contribution is -2.34. The van der Waals surface area contributed by atoms with Gasteiger partial charge in [-0.2, -0.15) is 0 Å². The van der Waals surface area contributed by atoms with Crippen LogP contribution in [-0.4, -0.2) is 24.9 Å². The minimum atomic E-state index is -0.291. The first-order chi connectivity index (χ1) is 10.7. The van der Waals surface area contributed by atoms with Crippen molar-refractivity contribution in [3.63, 3.8) is 0 Å². The van der Waals surface area contributed by atoms with Crippen molar-refractivity contribution >= 4 is 33.2 Å². The van der Waals surface area contributed by atoms with E-state index in [2.05, 4.69) is 10.6 Å². The molecule has 2 heterocycles. The Kier molecular flexibility index (Phi) is 4.20. The molecule has 6 heteroatoms. The Bertz CT molecular complexity index is 760. The van der Waals surface area contributed by atoms with Crippen LogP contribution in [0.4, 0.5) is 0 Å². The zero-order valence-corrected chi connectivity index (χ0v) is 12.5. The lowest BCUT2D eigenvalue weighted by Gasteiger charge is -2.04. The topological polar surface area (TPSA) is 71.3 Å². The SMILES string of the molecule is O=C(NCCNC(=O)c1cc2ccccc2s1)c1ccco1. The van der Waals surface area contributed by atoms with Gasteiger partial charge in [-0.15, -0.1) is 11.3 Å². The van der Waals surface area contributed by atoms with E-state index in [0.717, 1.165) is 10.1 Å². The van der Waals surface area contributed by atoms with Crippen LogP contribution in [0.25, 0.3) is 10.1 Å². The smallest absolute Gasteiger partial charge is 0.287 e. The number of nitrogens with one attached hydrogen (secondary N) is 2. The Balaban J connectivity index is 1.49. The molecule has 0 aliphatic heterocycles.